The number of esters is 1. The maximum atomic E-state index is 11.4. The maximum Gasteiger partial charge on any atom is 0.309 e. The second-order valence-electron chi connectivity index (χ2n) is 4.31. The number of hydrogen-bond donors (Lipinski definition) is 3. The summed E-state index contributed by atoms with van der Waals surface area (Å²) in [6.07, 6.45) is -3.28. The Hall–Kier alpha value is -1.22. The first-order valence-electron chi connectivity index (χ1n) is 5.49. The summed E-state index contributed by atoms with van der Waals surface area (Å²) in [7, 11) is 0. The van der Waals surface area contributed by atoms with Crippen LogP contribution in [0.2, 0.25) is 0 Å². The molecule has 0 radical (unpaired) electrons. The highest BCUT2D eigenvalue weighted by molar-refractivity contribution is 5.76. The minimum absolute atomic E-state index is 0.00960. The molecule has 2 aliphatic heterocycles. The summed E-state index contributed by atoms with van der Waals surface area (Å²) in [4.78, 5) is 21.7. The van der Waals surface area contributed by atoms with Gasteiger partial charge in [0.2, 0.25) is 0 Å². The van der Waals surface area contributed by atoms with Crippen molar-refractivity contribution >= 4 is 11.9 Å². The van der Waals surface area contributed by atoms with Gasteiger partial charge in [-0.25, -0.2) is 0 Å². The van der Waals surface area contributed by atoms with Crippen LogP contribution >= 0.6 is 0 Å². The Kier molecular flexibility index (Phi) is 3.53. The molecule has 0 aromatic rings. The average Bonchev–Trinajstić information content (AvgIpc) is 2.80. The minimum atomic E-state index is -1.96. The molecule has 8 heteroatoms. The highest BCUT2D eigenvalue weighted by Gasteiger charge is 2.58. The predicted octanol–water partition coefficient (Wildman–Crippen LogP) is -1.76. The summed E-state index contributed by atoms with van der Waals surface area (Å²) in [5.41, 5.74) is 0. The highest BCUT2D eigenvalue weighted by Crippen LogP contribution is 2.35. The molecule has 18 heavy (non-hydrogen) atoms. The predicted molar refractivity (Wildman–Crippen MR) is 53.4 cm³/mol. The summed E-state index contributed by atoms with van der Waals surface area (Å²) in [6, 6.07) is 0. The van der Waals surface area contributed by atoms with E-state index in [-0.39, 0.29) is 26.1 Å². The monoisotopic (exact) mass is 262 g/mol. The number of aliphatic carboxylic acids is 1. The van der Waals surface area contributed by atoms with E-state index in [4.69, 9.17) is 19.3 Å². The molecule has 0 unspecified atom stereocenters. The second-order valence-corrected chi connectivity index (χ2v) is 4.31. The zero-order valence-corrected chi connectivity index (χ0v) is 9.44. The van der Waals surface area contributed by atoms with Crippen molar-refractivity contribution < 1.29 is 39.1 Å². The number of rotatable bonds is 4. The third-order valence-electron chi connectivity index (χ3n) is 2.88. The Labute approximate surface area is 102 Å². The standard InChI is InChI=1S/C10H14O8/c11-5-3-16-9-8(5)17-4-10(9,15)18-7(14)2-1-6(12)13/h5,8-9,11,15H,1-4H2,(H,12,13)/t5-,8-,9+,10+/m1/s1. The molecule has 0 amide bonds. The Morgan fingerprint density at radius 1 is 1.33 bits per heavy atom. The van der Waals surface area contributed by atoms with Crippen molar-refractivity contribution in [3.8, 4) is 0 Å². The zero-order chi connectivity index (χ0) is 13.3. The van der Waals surface area contributed by atoms with Crippen LogP contribution in [0, 0.1) is 0 Å². The van der Waals surface area contributed by atoms with Gasteiger partial charge in [0.1, 0.15) is 18.8 Å². The lowest BCUT2D eigenvalue weighted by atomic mass is 10.1. The van der Waals surface area contributed by atoms with Crippen LogP contribution < -0.4 is 0 Å². The van der Waals surface area contributed by atoms with E-state index < -0.39 is 36.0 Å². The van der Waals surface area contributed by atoms with Gasteiger partial charge in [0, 0.05) is 0 Å². The van der Waals surface area contributed by atoms with Crippen LogP contribution in [0.3, 0.4) is 0 Å². The smallest absolute Gasteiger partial charge is 0.309 e. The number of hydrogen-bond acceptors (Lipinski definition) is 7. The van der Waals surface area contributed by atoms with Gasteiger partial charge in [0.25, 0.3) is 5.79 Å². The number of aliphatic hydroxyl groups is 2. The first-order chi connectivity index (χ1) is 8.42. The van der Waals surface area contributed by atoms with E-state index in [1.165, 1.54) is 0 Å². The van der Waals surface area contributed by atoms with Crippen molar-refractivity contribution in [3.05, 3.63) is 0 Å². The lowest BCUT2D eigenvalue weighted by Gasteiger charge is -2.26. The summed E-state index contributed by atoms with van der Waals surface area (Å²) in [5.74, 6) is -3.95. The Morgan fingerprint density at radius 3 is 2.72 bits per heavy atom. The first kappa shape index (κ1) is 13.2. The topological polar surface area (TPSA) is 123 Å². The van der Waals surface area contributed by atoms with Gasteiger partial charge >= 0.3 is 11.9 Å². The van der Waals surface area contributed by atoms with Gasteiger partial charge < -0.3 is 29.5 Å². The Morgan fingerprint density at radius 2 is 2.06 bits per heavy atom. The van der Waals surface area contributed by atoms with E-state index in [0.29, 0.717) is 0 Å². The zero-order valence-electron chi connectivity index (χ0n) is 9.44. The summed E-state index contributed by atoms with van der Waals surface area (Å²) in [5, 5.41) is 27.9. The van der Waals surface area contributed by atoms with Gasteiger partial charge in [0.05, 0.1) is 19.4 Å². The van der Waals surface area contributed by atoms with Crippen LogP contribution in [0.15, 0.2) is 0 Å². The fourth-order valence-corrected chi connectivity index (χ4v) is 2.02. The molecule has 3 N–H and O–H groups in total. The molecule has 2 fully saturated rings. The van der Waals surface area contributed by atoms with Crippen molar-refractivity contribution in [2.24, 2.45) is 0 Å². The molecule has 8 nitrogen and oxygen atoms in total. The van der Waals surface area contributed by atoms with Crippen molar-refractivity contribution in [1.82, 2.24) is 0 Å². The Bertz CT molecular complexity index is 356. The van der Waals surface area contributed by atoms with E-state index in [2.05, 4.69) is 0 Å². The lowest BCUT2D eigenvalue weighted by Crippen LogP contribution is -2.47. The minimum Gasteiger partial charge on any atom is -0.481 e. The van der Waals surface area contributed by atoms with Crippen LogP contribution in [0.25, 0.3) is 0 Å². The van der Waals surface area contributed by atoms with E-state index >= 15 is 0 Å². The normalized spacial score (nSPS) is 38.4. The van der Waals surface area contributed by atoms with Crippen molar-refractivity contribution in [3.63, 3.8) is 0 Å². The molecule has 0 aromatic carbocycles. The molecule has 2 heterocycles. The number of fused-ring (bicyclic) bond motifs is 1. The first-order valence-corrected chi connectivity index (χ1v) is 5.49. The van der Waals surface area contributed by atoms with Gasteiger partial charge in [-0.05, 0) is 0 Å². The quantitative estimate of drug-likeness (QED) is 0.402. The molecule has 0 saturated carbocycles. The molecule has 0 aliphatic carbocycles. The Balaban J connectivity index is 1.92. The molecule has 2 rings (SSSR count). The van der Waals surface area contributed by atoms with Gasteiger partial charge in [-0.15, -0.1) is 0 Å². The fourth-order valence-electron chi connectivity index (χ4n) is 2.02. The second kappa shape index (κ2) is 4.81. The number of aliphatic hydroxyl groups excluding tert-OH is 1. The van der Waals surface area contributed by atoms with Crippen molar-refractivity contribution in [2.45, 2.75) is 36.9 Å². The van der Waals surface area contributed by atoms with Crippen LogP contribution in [0.1, 0.15) is 12.8 Å². The molecule has 0 bridgehead atoms. The molecule has 0 aromatic heterocycles. The molecule has 102 valence electrons. The van der Waals surface area contributed by atoms with E-state index in [1.54, 1.807) is 0 Å². The SMILES string of the molecule is O=C(O)CCC(=O)O[C@@]1(O)CO[C@@H]2[C@H](O)CO[C@@H]21. The summed E-state index contributed by atoms with van der Waals surface area (Å²) in [6.45, 7) is -0.317. The van der Waals surface area contributed by atoms with E-state index in [9.17, 15) is 19.8 Å². The molecular weight excluding hydrogens is 248 g/mol. The molecule has 4 atom stereocenters. The van der Waals surface area contributed by atoms with Crippen LogP contribution in [0.4, 0.5) is 0 Å². The van der Waals surface area contributed by atoms with Gasteiger partial charge in [-0.3, -0.25) is 9.59 Å². The largest absolute Gasteiger partial charge is 0.481 e. The summed E-state index contributed by atoms with van der Waals surface area (Å²) < 4.78 is 15.0. The number of ether oxygens (including phenoxy) is 3. The molecule has 2 saturated heterocycles. The number of carbonyl (C=O) groups is 2. The molecular formula is C10H14O8. The number of carboxylic acid groups (broad SMARTS) is 1. The van der Waals surface area contributed by atoms with E-state index in [0.717, 1.165) is 0 Å². The highest BCUT2D eigenvalue weighted by atomic mass is 16.7. The number of carbonyl (C=O) groups excluding carboxylic acids is 1. The summed E-state index contributed by atoms with van der Waals surface area (Å²) >= 11 is 0. The van der Waals surface area contributed by atoms with Gasteiger partial charge in [-0.1, -0.05) is 0 Å². The fraction of sp³-hybridized carbons (Fsp3) is 0.800. The molecule has 0 spiro atoms. The third-order valence-corrected chi connectivity index (χ3v) is 2.88. The average molecular weight is 262 g/mol. The van der Waals surface area contributed by atoms with Crippen LogP contribution in [-0.4, -0.2) is 64.6 Å². The molecule has 2 aliphatic rings. The van der Waals surface area contributed by atoms with Crippen LogP contribution in [0.5, 0.6) is 0 Å². The van der Waals surface area contributed by atoms with Gasteiger partial charge in [0.15, 0.2) is 6.10 Å². The van der Waals surface area contributed by atoms with Gasteiger partial charge in [-0.2, -0.15) is 0 Å². The number of carboxylic acids is 1. The third kappa shape index (κ3) is 2.46. The maximum absolute atomic E-state index is 11.4. The van der Waals surface area contributed by atoms with E-state index in [1.807, 2.05) is 0 Å². The van der Waals surface area contributed by atoms with Crippen molar-refractivity contribution in [2.75, 3.05) is 13.2 Å². The van der Waals surface area contributed by atoms with Crippen molar-refractivity contribution in [1.29, 1.82) is 0 Å². The van der Waals surface area contributed by atoms with Crippen LogP contribution in [-0.2, 0) is 23.8 Å². The lowest BCUT2D eigenvalue weighted by molar-refractivity contribution is -0.238.